The van der Waals surface area contributed by atoms with Crippen molar-refractivity contribution < 1.29 is 14.3 Å². The number of hydrogen-bond acceptors (Lipinski definition) is 6. The fourth-order valence-corrected chi connectivity index (χ4v) is 7.33. The predicted molar refractivity (Wildman–Crippen MR) is 128 cm³/mol. The van der Waals surface area contributed by atoms with E-state index < -0.39 is 0 Å². The minimum absolute atomic E-state index is 0.0961. The number of morpholine rings is 1. The number of nitrogens with zero attached hydrogens (tertiary/aromatic N) is 5. The molecule has 2 amide bonds. The maximum absolute atomic E-state index is 13.2. The summed E-state index contributed by atoms with van der Waals surface area (Å²) >= 11 is 0. The summed E-state index contributed by atoms with van der Waals surface area (Å²) in [7, 11) is 0. The summed E-state index contributed by atoms with van der Waals surface area (Å²) in [5, 5.41) is 7.74. The summed E-state index contributed by atoms with van der Waals surface area (Å²) in [5.74, 6) is 2.63. The van der Waals surface area contributed by atoms with Gasteiger partial charge < -0.3 is 15.0 Å². The molecule has 0 atom stereocenters. The minimum Gasteiger partial charge on any atom is -0.378 e. The van der Waals surface area contributed by atoms with Crippen LogP contribution in [0.25, 0.3) is 5.95 Å². The third kappa shape index (κ3) is 4.24. The van der Waals surface area contributed by atoms with Gasteiger partial charge in [-0.15, -0.1) is 0 Å². The summed E-state index contributed by atoms with van der Waals surface area (Å²) in [4.78, 5) is 36.8. The SMILES string of the molecule is Cc1cnc(-n2cc(C(=O)NCC34CC5CC(CC(C5)C3)C4)c(C)n2)nc1C(=O)N1CCOCC1. The lowest BCUT2D eigenvalue weighted by molar-refractivity contribution is -0.0503. The van der Waals surface area contributed by atoms with Crippen LogP contribution in [0.5, 0.6) is 0 Å². The highest BCUT2D eigenvalue weighted by molar-refractivity contribution is 5.95. The summed E-state index contributed by atoms with van der Waals surface area (Å²) in [6.07, 6.45) is 11.3. The molecule has 186 valence electrons. The van der Waals surface area contributed by atoms with E-state index >= 15 is 0 Å². The number of aromatic nitrogens is 4. The molecule has 0 unspecified atom stereocenters. The average molecular weight is 479 g/mol. The van der Waals surface area contributed by atoms with Gasteiger partial charge in [0.25, 0.3) is 17.8 Å². The second-order valence-corrected chi connectivity index (χ2v) is 11.3. The first kappa shape index (κ1) is 22.6. The van der Waals surface area contributed by atoms with Gasteiger partial charge in [0.1, 0.15) is 5.69 Å². The molecule has 9 heteroatoms. The second kappa shape index (κ2) is 8.69. The van der Waals surface area contributed by atoms with Crippen LogP contribution < -0.4 is 5.32 Å². The Morgan fingerprint density at radius 2 is 1.74 bits per heavy atom. The van der Waals surface area contributed by atoms with Crippen molar-refractivity contribution in [1.29, 1.82) is 0 Å². The Labute approximate surface area is 205 Å². The van der Waals surface area contributed by atoms with E-state index in [9.17, 15) is 9.59 Å². The molecule has 4 aliphatic carbocycles. The summed E-state index contributed by atoms with van der Waals surface area (Å²) < 4.78 is 6.86. The minimum atomic E-state index is -0.133. The Bertz CT molecular complexity index is 1120. The lowest BCUT2D eigenvalue weighted by Gasteiger charge is -2.56. The van der Waals surface area contributed by atoms with E-state index in [-0.39, 0.29) is 23.2 Å². The van der Waals surface area contributed by atoms with E-state index in [0.717, 1.165) is 24.3 Å². The van der Waals surface area contributed by atoms with Gasteiger partial charge in [0.2, 0.25) is 0 Å². The van der Waals surface area contributed by atoms with Gasteiger partial charge in [-0.05, 0) is 81.1 Å². The van der Waals surface area contributed by atoms with Gasteiger partial charge in [-0.2, -0.15) is 5.10 Å². The molecule has 3 heterocycles. The Morgan fingerprint density at radius 1 is 1.09 bits per heavy atom. The molecule has 35 heavy (non-hydrogen) atoms. The van der Waals surface area contributed by atoms with Crippen molar-refractivity contribution in [2.24, 2.45) is 23.2 Å². The van der Waals surface area contributed by atoms with Gasteiger partial charge in [0, 0.05) is 32.0 Å². The molecule has 1 aliphatic heterocycles. The smallest absolute Gasteiger partial charge is 0.273 e. The van der Waals surface area contributed by atoms with Gasteiger partial charge in [-0.25, -0.2) is 14.6 Å². The molecule has 0 radical (unpaired) electrons. The quantitative estimate of drug-likeness (QED) is 0.709. The molecule has 0 aromatic carbocycles. The summed E-state index contributed by atoms with van der Waals surface area (Å²) in [6.45, 7) is 6.56. The van der Waals surface area contributed by atoms with E-state index in [0.29, 0.717) is 48.8 Å². The van der Waals surface area contributed by atoms with Crippen molar-refractivity contribution in [3.8, 4) is 5.95 Å². The first-order valence-electron chi connectivity index (χ1n) is 12.9. The fraction of sp³-hybridized carbons (Fsp3) is 0.654. The van der Waals surface area contributed by atoms with Crippen LogP contribution in [0.2, 0.25) is 0 Å². The van der Waals surface area contributed by atoms with Crippen molar-refractivity contribution in [2.45, 2.75) is 52.4 Å². The highest BCUT2D eigenvalue weighted by Crippen LogP contribution is 2.59. The molecule has 5 aliphatic rings. The molecule has 2 aromatic rings. The number of carbonyl (C=O) groups is 2. The van der Waals surface area contributed by atoms with Gasteiger partial charge >= 0.3 is 0 Å². The molecule has 2 aromatic heterocycles. The molecule has 5 fully saturated rings. The van der Waals surface area contributed by atoms with E-state index in [1.807, 2.05) is 13.8 Å². The standard InChI is InChI=1S/C26H34N6O3/c1-16-13-27-25(29-22(16)24(34)31-3-5-35-6-4-31)32-14-21(17(2)30-32)23(33)28-15-26-10-18-7-19(11-26)9-20(8-18)12-26/h13-14,18-20H,3-12,15H2,1-2H3,(H,28,33). The number of rotatable bonds is 5. The predicted octanol–water partition coefficient (Wildman–Crippen LogP) is 2.70. The van der Waals surface area contributed by atoms with Crippen LogP contribution in [0.1, 0.15) is 70.6 Å². The Hall–Kier alpha value is -2.81. The van der Waals surface area contributed by atoms with Crippen molar-refractivity contribution >= 4 is 11.8 Å². The molecule has 7 rings (SSSR count). The topological polar surface area (TPSA) is 102 Å². The van der Waals surface area contributed by atoms with E-state index in [4.69, 9.17) is 4.74 Å². The second-order valence-electron chi connectivity index (χ2n) is 11.3. The molecular weight excluding hydrogens is 444 g/mol. The lowest BCUT2D eigenvalue weighted by Crippen LogP contribution is -2.51. The molecule has 1 N–H and O–H groups in total. The van der Waals surface area contributed by atoms with Crippen LogP contribution in [0, 0.1) is 37.0 Å². The molecule has 4 bridgehead atoms. The number of hydrogen-bond donors (Lipinski definition) is 1. The zero-order valence-corrected chi connectivity index (χ0v) is 20.6. The number of carbonyl (C=O) groups excluding carboxylic acids is 2. The summed E-state index contributed by atoms with van der Waals surface area (Å²) in [6, 6.07) is 0. The zero-order chi connectivity index (χ0) is 24.2. The van der Waals surface area contributed by atoms with Crippen molar-refractivity contribution in [3.05, 3.63) is 34.9 Å². The zero-order valence-electron chi connectivity index (χ0n) is 20.6. The Balaban J connectivity index is 1.17. The fourth-order valence-electron chi connectivity index (χ4n) is 7.33. The van der Waals surface area contributed by atoms with Crippen LogP contribution in [0.15, 0.2) is 12.4 Å². The maximum Gasteiger partial charge on any atom is 0.273 e. The van der Waals surface area contributed by atoms with E-state index in [2.05, 4.69) is 20.4 Å². The summed E-state index contributed by atoms with van der Waals surface area (Å²) in [5.41, 5.74) is 2.50. The number of nitrogens with one attached hydrogen (secondary N) is 1. The first-order valence-corrected chi connectivity index (χ1v) is 12.9. The normalized spacial score (nSPS) is 29.4. The van der Waals surface area contributed by atoms with Gasteiger partial charge in [-0.1, -0.05) is 0 Å². The van der Waals surface area contributed by atoms with Gasteiger partial charge in [0.05, 0.1) is 24.5 Å². The number of aryl methyl sites for hydroxylation is 2. The molecular formula is C26H34N6O3. The molecule has 4 saturated carbocycles. The van der Waals surface area contributed by atoms with Crippen LogP contribution in [0.4, 0.5) is 0 Å². The average Bonchev–Trinajstić information content (AvgIpc) is 3.24. The number of ether oxygens (including phenoxy) is 1. The highest BCUT2D eigenvalue weighted by atomic mass is 16.5. The van der Waals surface area contributed by atoms with E-state index in [1.165, 1.54) is 43.2 Å². The van der Waals surface area contributed by atoms with Crippen LogP contribution in [-0.2, 0) is 4.74 Å². The maximum atomic E-state index is 13.2. The van der Waals surface area contributed by atoms with Crippen molar-refractivity contribution in [3.63, 3.8) is 0 Å². The molecule has 9 nitrogen and oxygen atoms in total. The van der Waals surface area contributed by atoms with E-state index in [1.54, 1.807) is 17.3 Å². The molecule has 0 spiro atoms. The number of amides is 2. The lowest BCUT2D eigenvalue weighted by atomic mass is 9.49. The third-order valence-corrected chi connectivity index (χ3v) is 8.60. The Morgan fingerprint density at radius 3 is 2.40 bits per heavy atom. The van der Waals surface area contributed by atoms with Crippen LogP contribution in [0.3, 0.4) is 0 Å². The monoisotopic (exact) mass is 478 g/mol. The van der Waals surface area contributed by atoms with Gasteiger partial charge in [-0.3, -0.25) is 9.59 Å². The van der Waals surface area contributed by atoms with Crippen molar-refractivity contribution in [2.75, 3.05) is 32.8 Å². The largest absolute Gasteiger partial charge is 0.378 e. The third-order valence-electron chi connectivity index (χ3n) is 8.60. The highest BCUT2D eigenvalue weighted by Gasteiger charge is 2.50. The van der Waals surface area contributed by atoms with Crippen LogP contribution in [-0.4, -0.2) is 69.3 Å². The van der Waals surface area contributed by atoms with Crippen molar-refractivity contribution in [1.82, 2.24) is 30.0 Å². The first-order chi connectivity index (χ1) is 16.9. The molecule has 1 saturated heterocycles. The van der Waals surface area contributed by atoms with Crippen LogP contribution >= 0.6 is 0 Å². The van der Waals surface area contributed by atoms with Gasteiger partial charge in [0.15, 0.2) is 0 Å². The Kier molecular flexibility index (Phi) is 5.62.